The minimum absolute atomic E-state index is 0.0447. The summed E-state index contributed by atoms with van der Waals surface area (Å²) in [5, 5.41) is 2.63. The number of benzene rings is 10. The van der Waals surface area contributed by atoms with Gasteiger partial charge >= 0.3 is 0 Å². The number of nitrogens with zero attached hydrogens (tertiary/aromatic N) is 1. The monoisotopic (exact) mass is 929 g/mol. The Balaban J connectivity index is 1.06. The van der Waals surface area contributed by atoms with Gasteiger partial charge in [0.15, 0.2) is 0 Å². The maximum atomic E-state index is 2.56. The van der Waals surface area contributed by atoms with E-state index in [1.165, 1.54) is 109 Å². The molecule has 1 spiro atoms. The first-order valence-corrected chi connectivity index (χ1v) is 25.9. The van der Waals surface area contributed by atoms with E-state index in [0.717, 1.165) is 17.1 Å². The Labute approximate surface area is 422 Å². The Bertz CT molecular complexity index is 3800. The van der Waals surface area contributed by atoms with Gasteiger partial charge in [-0.05, 0) is 142 Å². The third-order valence-electron chi connectivity index (χ3n) is 15.4. The molecule has 0 saturated carbocycles. The van der Waals surface area contributed by atoms with Crippen molar-refractivity contribution < 1.29 is 0 Å². The van der Waals surface area contributed by atoms with Crippen molar-refractivity contribution >= 4 is 48.6 Å². The number of hydrogen-bond acceptors (Lipinski definition) is 2. The van der Waals surface area contributed by atoms with Gasteiger partial charge in [-0.15, -0.1) is 11.3 Å². The van der Waals surface area contributed by atoms with Gasteiger partial charge in [0.2, 0.25) is 0 Å². The van der Waals surface area contributed by atoms with Gasteiger partial charge < -0.3 is 4.90 Å². The highest BCUT2D eigenvalue weighted by molar-refractivity contribution is 7.26. The van der Waals surface area contributed by atoms with E-state index < -0.39 is 5.41 Å². The van der Waals surface area contributed by atoms with Gasteiger partial charge in [0.1, 0.15) is 0 Å². The van der Waals surface area contributed by atoms with Gasteiger partial charge in [0.25, 0.3) is 0 Å². The van der Waals surface area contributed by atoms with E-state index in [9.17, 15) is 0 Å². The summed E-state index contributed by atoms with van der Waals surface area (Å²) in [5.41, 5.74) is 23.4. The van der Waals surface area contributed by atoms with Crippen LogP contribution in [0.3, 0.4) is 0 Å². The molecular formula is C69H55NS. The molecule has 0 unspecified atom stereocenters. The molecule has 11 aromatic rings. The summed E-state index contributed by atoms with van der Waals surface area (Å²) in [6, 6.07) is 84.8. The molecule has 0 aliphatic heterocycles. The molecule has 0 bridgehead atoms. The lowest BCUT2D eigenvalue weighted by molar-refractivity contribution is 0.586. The Morgan fingerprint density at radius 2 is 0.817 bits per heavy atom. The van der Waals surface area contributed by atoms with E-state index in [4.69, 9.17) is 0 Å². The first-order chi connectivity index (χ1) is 34.5. The minimum atomic E-state index is -0.575. The first kappa shape index (κ1) is 43.3. The fraction of sp³-hybridized carbons (Fsp3) is 0.130. The number of anilines is 3. The van der Waals surface area contributed by atoms with Gasteiger partial charge in [-0.25, -0.2) is 0 Å². The molecule has 0 N–H and O–H groups in total. The topological polar surface area (TPSA) is 3.24 Å². The molecule has 1 aromatic heterocycles. The van der Waals surface area contributed by atoms with Crippen molar-refractivity contribution in [3.8, 4) is 55.6 Å². The molecule has 2 aliphatic carbocycles. The maximum absolute atomic E-state index is 2.56. The summed E-state index contributed by atoms with van der Waals surface area (Å²) in [6.07, 6.45) is 0. The molecule has 0 amide bonds. The third kappa shape index (κ3) is 6.80. The van der Waals surface area contributed by atoms with Crippen molar-refractivity contribution in [2.75, 3.05) is 4.90 Å². The zero-order valence-electron chi connectivity index (χ0n) is 41.2. The van der Waals surface area contributed by atoms with Gasteiger partial charge in [0.05, 0.1) is 5.41 Å². The van der Waals surface area contributed by atoms with Crippen LogP contribution >= 0.6 is 11.3 Å². The first-order valence-electron chi connectivity index (χ1n) is 25.1. The van der Waals surface area contributed by atoms with E-state index >= 15 is 0 Å². The lowest BCUT2D eigenvalue weighted by Crippen LogP contribution is -2.27. The normalized spacial score (nSPS) is 13.3. The highest BCUT2D eigenvalue weighted by Gasteiger charge is 2.53. The molecule has 1 nitrogen and oxygen atoms in total. The molecule has 10 aromatic carbocycles. The largest absolute Gasteiger partial charge is 0.310 e. The summed E-state index contributed by atoms with van der Waals surface area (Å²) in [5.74, 6) is 0. The fourth-order valence-electron chi connectivity index (χ4n) is 11.8. The third-order valence-corrected chi connectivity index (χ3v) is 16.7. The van der Waals surface area contributed by atoms with E-state index in [0.29, 0.717) is 0 Å². The summed E-state index contributed by atoms with van der Waals surface area (Å²) >= 11 is 1.89. The lowest BCUT2D eigenvalue weighted by atomic mass is 9.68. The molecule has 0 atom stereocenters. The Hall–Kier alpha value is -7.78. The molecule has 2 aliphatic rings. The molecule has 0 fully saturated rings. The van der Waals surface area contributed by atoms with Crippen LogP contribution in [0, 0.1) is 0 Å². The predicted molar refractivity (Wildman–Crippen MR) is 304 cm³/mol. The number of hydrogen-bond donors (Lipinski definition) is 0. The number of rotatable bonds is 6. The van der Waals surface area contributed by atoms with Crippen molar-refractivity contribution in [2.24, 2.45) is 0 Å². The van der Waals surface area contributed by atoms with Crippen LogP contribution < -0.4 is 4.90 Å². The van der Waals surface area contributed by atoms with Gasteiger partial charge in [-0.1, -0.05) is 224 Å². The van der Waals surface area contributed by atoms with Crippen molar-refractivity contribution in [2.45, 2.75) is 57.8 Å². The molecule has 0 saturated heterocycles. The van der Waals surface area contributed by atoms with Crippen LogP contribution in [0.25, 0.3) is 75.8 Å². The Morgan fingerprint density at radius 3 is 1.45 bits per heavy atom. The molecule has 0 radical (unpaired) electrons. The molecule has 2 heteroatoms. The smallest absolute Gasteiger partial charge is 0.0726 e. The van der Waals surface area contributed by atoms with Gasteiger partial charge in [-0.2, -0.15) is 0 Å². The molecular weight excluding hydrogens is 875 g/mol. The van der Waals surface area contributed by atoms with Crippen molar-refractivity contribution in [1.29, 1.82) is 0 Å². The van der Waals surface area contributed by atoms with Gasteiger partial charge in [0, 0.05) is 37.2 Å². The summed E-state index contributed by atoms with van der Waals surface area (Å²) in [6.45, 7) is 14.1. The Morgan fingerprint density at radius 1 is 0.338 bits per heavy atom. The zero-order valence-corrected chi connectivity index (χ0v) is 42.0. The predicted octanol–water partition coefficient (Wildman–Crippen LogP) is 19.5. The van der Waals surface area contributed by atoms with E-state index in [1.54, 1.807) is 0 Å². The van der Waals surface area contributed by atoms with Crippen LogP contribution in [0.4, 0.5) is 17.1 Å². The molecule has 342 valence electrons. The second-order valence-electron chi connectivity index (χ2n) is 21.7. The second-order valence-corrected chi connectivity index (χ2v) is 22.7. The second kappa shape index (κ2) is 16.1. The van der Waals surface area contributed by atoms with E-state index in [-0.39, 0.29) is 10.8 Å². The highest BCUT2D eigenvalue weighted by Crippen LogP contribution is 2.65. The average Bonchev–Trinajstić information content (AvgIpc) is 4.03. The van der Waals surface area contributed by atoms with Crippen LogP contribution in [0.5, 0.6) is 0 Å². The van der Waals surface area contributed by atoms with Crippen molar-refractivity contribution in [3.05, 3.63) is 258 Å². The van der Waals surface area contributed by atoms with E-state index in [2.05, 4.69) is 271 Å². The number of fused-ring (bicyclic) bond motifs is 13. The van der Waals surface area contributed by atoms with Crippen LogP contribution in [0.15, 0.2) is 224 Å². The SMILES string of the molecule is CC(C)(C)c1ccc2c(c1)C1(c3cc(C(C)(C)C)ccc3-2)c2cc(N(c3ccc(-c4ccccc4)cc3)c3ccc(-c4cccc5c4sc4ccccc45)cc3)ccc2-c2c(-c3ccccc3)cccc21. The average molecular weight is 930 g/mol. The van der Waals surface area contributed by atoms with Crippen LogP contribution in [-0.2, 0) is 16.2 Å². The fourth-order valence-corrected chi connectivity index (χ4v) is 13.1. The molecule has 1 heterocycles. The zero-order chi connectivity index (χ0) is 48.2. The maximum Gasteiger partial charge on any atom is 0.0726 e. The van der Waals surface area contributed by atoms with Crippen molar-refractivity contribution in [3.63, 3.8) is 0 Å². The minimum Gasteiger partial charge on any atom is -0.310 e. The van der Waals surface area contributed by atoms with Crippen LogP contribution in [0.1, 0.15) is 74.9 Å². The summed E-state index contributed by atoms with van der Waals surface area (Å²) in [7, 11) is 0. The quantitative estimate of drug-likeness (QED) is 0.161. The summed E-state index contributed by atoms with van der Waals surface area (Å²) in [4.78, 5) is 2.47. The lowest BCUT2D eigenvalue weighted by Gasteiger charge is -2.34. The number of thiophene rings is 1. The highest BCUT2D eigenvalue weighted by atomic mass is 32.1. The Kier molecular flexibility index (Phi) is 9.83. The standard InChI is InChI=1S/C69H55NS/c1-67(2,3)48-31-38-55-56-39-32-49(68(4,5)6)42-62(56)69(61(55)41-48)60-25-16-22-53(46-19-11-8-12-20-46)65(60)59-40-37-52(43-63(59)69)70(50-33-27-45(28-34-50)44-17-9-7-10-18-44)51-35-29-47(30-36-51)54-23-15-24-58-57-21-13-14-26-64(57)71-66(54)58/h7-43H,1-6H3. The van der Waals surface area contributed by atoms with Gasteiger partial charge in [-0.3, -0.25) is 0 Å². The van der Waals surface area contributed by atoms with E-state index in [1.807, 2.05) is 11.3 Å². The van der Waals surface area contributed by atoms with Crippen LogP contribution in [-0.4, -0.2) is 0 Å². The van der Waals surface area contributed by atoms with Crippen LogP contribution in [0.2, 0.25) is 0 Å². The molecule has 13 rings (SSSR count). The molecule has 71 heavy (non-hydrogen) atoms. The van der Waals surface area contributed by atoms with Crippen molar-refractivity contribution in [1.82, 2.24) is 0 Å². The summed E-state index contributed by atoms with van der Waals surface area (Å²) < 4.78 is 2.65.